The Morgan fingerprint density at radius 3 is 2.55 bits per heavy atom. The van der Waals surface area contributed by atoms with Gasteiger partial charge in [-0.2, -0.15) is 0 Å². The molecule has 0 bridgehead atoms. The summed E-state index contributed by atoms with van der Waals surface area (Å²) in [5.74, 6) is -0.0365. The molecule has 2 amide bonds. The number of hydrogen-bond acceptors (Lipinski definition) is 5. The van der Waals surface area contributed by atoms with Gasteiger partial charge in [-0.25, -0.2) is 4.98 Å². The zero-order valence-corrected chi connectivity index (χ0v) is 17.7. The maximum absolute atomic E-state index is 11.9. The van der Waals surface area contributed by atoms with E-state index in [-0.39, 0.29) is 24.7 Å². The third kappa shape index (κ3) is 6.59. The zero-order chi connectivity index (χ0) is 20.6. The van der Waals surface area contributed by atoms with Gasteiger partial charge in [-0.05, 0) is 36.8 Å². The van der Waals surface area contributed by atoms with Crippen LogP contribution in [-0.2, 0) is 16.0 Å². The topological polar surface area (TPSA) is 80.3 Å². The molecule has 0 radical (unpaired) electrons. The van der Waals surface area contributed by atoms with Crippen molar-refractivity contribution in [3.63, 3.8) is 0 Å². The van der Waals surface area contributed by atoms with Crippen molar-refractivity contribution in [3.8, 4) is 5.75 Å². The minimum absolute atomic E-state index is 0.212. The van der Waals surface area contributed by atoms with Gasteiger partial charge in [0.05, 0.1) is 26.9 Å². The number of nitrogens with zero attached hydrogens (tertiary/aromatic N) is 1. The van der Waals surface area contributed by atoms with Gasteiger partial charge in [0.25, 0.3) is 0 Å². The molecule has 9 heteroatoms. The quantitative estimate of drug-likeness (QED) is 0.389. The molecule has 3 aromatic rings. The summed E-state index contributed by atoms with van der Waals surface area (Å²) >= 11 is 13.4. The Hall–Kier alpha value is -2.35. The summed E-state index contributed by atoms with van der Waals surface area (Å²) in [6.45, 7) is 0.320. The number of amides is 2. The highest BCUT2D eigenvalue weighted by atomic mass is 35.5. The van der Waals surface area contributed by atoms with E-state index in [1.54, 1.807) is 29.5 Å². The first-order valence-corrected chi connectivity index (χ1v) is 10.6. The van der Waals surface area contributed by atoms with Crippen LogP contribution in [0.3, 0.4) is 0 Å². The van der Waals surface area contributed by atoms with Gasteiger partial charge in [-0.15, -0.1) is 11.3 Å². The van der Waals surface area contributed by atoms with Gasteiger partial charge in [0.15, 0.2) is 0 Å². The maximum atomic E-state index is 11.9. The van der Waals surface area contributed by atoms with E-state index in [9.17, 15) is 9.59 Å². The number of aryl methyl sites for hydroxylation is 1. The van der Waals surface area contributed by atoms with Crippen LogP contribution < -0.4 is 15.6 Å². The molecule has 0 aliphatic heterocycles. The molecule has 0 atom stereocenters. The van der Waals surface area contributed by atoms with Gasteiger partial charge in [0.1, 0.15) is 5.75 Å². The van der Waals surface area contributed by atoms with Crippen LogP contribution in [0.4, 0.5) is 0 Å². The van der Waals surface area contributed by atoms with E-state index in [4.69, 9.17) is 27.9 Å². The second-order valence-corrected chi connectivity index (χ2v) is 8.16. The molecule has 1 heterocycles. The second-order valence-electron chi connectivity index (χ2n) is 6.20. The van der Waals surface area contributed by atoms with Crippen molar-refractivity contribution in [3.05, 3.63) is 57.5 Å². The molecule has 0 aliphatic rings. The molecule has 0 spiro atoms. The molecule has 6 nitrogen and oxygen atoms in total. The van der Waals surface area contributed by atoms with Crippen LogP contribution in [0.5, 0.6) is 5.75 Å². The molecule has 3 rings (SSSR count). The summed E-state index contributed by atoms with van der Waals surface area (Å²) in [6.07, 6.45) is 1.46. The summed E-state index contributed by atoms with van der Waals surface area (Å²) in [6, 6.07) is 12.8. The van der Waals surface area contributed by atoms with Gasteiger partial charge >= 0.3 is 0 Å². The van der Waals surface area contributed by atoms with E-state index in [0.29, 0.717) is 35.2 Å². The van der Waals surface area contributed by atoms with Gasteiger partial charge in [-0.1, -0.05) is 35.3 Å². The first-order chi connectivity index (χ1) is 14.0. The molecular formula is C20H19Cl2N3O3S. The van der Waals surface area contributed by atoms with Crippen LogP contribution in [-0.4, -0.2) is 23.4 Å². The van der Waals surface area contributed by atoms with Crippen molar-refractivity contribution >= 4 is 56.6 Å². The molecule has 0 aliphatic carbocycles. The van der Waals surface area contributed by atoms with E-state index < -0.39 is 0 Å². The predicted octanol–water partition coefficient (Wildman–Crippen LogP) is 4.54. The van der Waals surface area contributed by atoms with Crippen molar-refractivity contribution in [2.24, 2.45) is 0 Å². The number of fused-ring (bicyclic) bond motifs is 1. The molecule has 0 fully saturated rings. The number of hydrogen-bond donors (Lipinski definition) is 2. The predicted molar refractivity (Wildman–Crippen MR) is 115 cm³/mol. The average molecular weight is 452 g/mol. The van der Waals surface area contributed by atoms with Crippen molar-refractivity contribution in [1.82, 2.24) is 15.8 Å². The monoisotopic (exact) mass is 451 g/mol. The Labute approximate surface area is 182 Å². The molecule has 152 valence electrons. The number of halogens is 2. The molecule has 0 saturated carbocycles. The lowest BCUT2D eigenvalue weighted by Crippen LogP contribution is -2.41. The lowest BCUT2D eigenvalue weighted by atomic mass is 10.3. The number of carbonyl (C=O) groups excluding carboxylic acids is 2. The minimum Gasteiger partial charge on any atom is -0.492 e. The molecule has 2 aromatic carbocycles. The average Bonchev–Trinajstić information content (AvgIpc) is 3.12. The smallest absolute Gasteiger partial charge is 0.238 e. The van der Waals surface area contributed by atoms with Gasteiger partial charge in [-0.3, -0.25) is 20.4 Å². The summed E-state index contributed by atoms with van der Waals surface area (Å²) in [4.78, 5) is 28.2. The van der Waals surface area contributed by atoms with Crippen LogP contribution in [0, 0.1) is 0 Å². The number of thiazole rings is 1. The van der Waals surface area contributed by atoms with Crippen molar-refractivity contribution in [2.45, 2.75) is 25.7 Å². The van der Waals surface area contributed by atoms with Gasteiger partial charge < -0.3 is 4.74 Å². The van der Waals surface area contributed by atoms with Crippen LogP contribution in [0.1, 0.15) is 24.3 Å². The normalized spacial score (nSPS) is 10.7. The van der Waals surface area contributed by atoms with Crippen LogP contribution in [0.15, 0.2) is 42.5 Å². The summed E-state index contributed by atoms with van der Waals surface area (Å²) < 4.78 is 6.61. The van der Waals surface area contributed by atoms with E-state index in [2.05, 4.69) is 15.8 Å². The highest BCUT2D eigenvalue weighted by Gasteiger charge is 2.09. The van der Waals surface area contributed by atoms with Crippen molar-refractivity contribution in [1.29, 1.82) is 0 Å². The molecule has 0 unspecified atom stereocenters. The zero-order valence-electron chi connectivity index (χ0n) is 15.4. The first kappa shape index (κ1) is 21.4. The Morgan fingerprint density at radius 2 is 1.79 bits per heavy atom. The molecule has 1 aromatic heterocycles. The first-order valence-electron chi connectivity index (χ1n) is 9.01. The molecule has 2 N–H and O–H groups in total. The molecule has 29 heavy (non-hydrogen) atoms. The molecular weight excluding hydrogens is 433 g/mol. The SMILES string of the molecule is O=C(CCCOc1ccc(Cl)cc1Cl)NNC(=O)CCc1nc2ccccc2s1. The standard InChI is InChI=1S/C20H19Cl2N3O3S/c21-13-7-8-16(14(22)12-13)28-11-3-6-18(26)24-25-19(27)9-10-20-23-15-4-1-2-5-17(15)29-20/h1-2,4-5,7-8,12H,3,6,9-11H2,(H,24,26)(H,25,27). The summed E-state index contributed by atoms with van der Waals surface area (Å²) in [7, 11) is 0. The third-order valence-electron chi connectivity index (χ3n) is 3.95. The largest absolute Gasteiger partial charge is 0.492 e. The number of ether oxygens (including phenoxy) is 1. The number of benzene rings is 2. The number of para-hydroxylation sites is 1. The number of rotatable bonds is 8. The van der Waals surface area contributed by atoms with E-state index >= 15 is 0 Å². The fourth-order valence-electron chi connectivity index (χ4n) is 2.52. The number of nitrogens with one attached hydrogen (secondary N) is 2. The van der Waals surface area contributed by atoms with Crippen LogP contribution in [0.2, 0.25) is 10.0 Å². The molecule has 0 saturated heterocycles. The van der Waals surface area contributed by atoms with Gasteiger partial charge in [0, 0.05) is 24.3 Å². The fourth-order valence-corrected chi connectivity index (χ4v) is 3.95. The van der Waals surface area contributed by atoms with E-state index in [0.717, 1.165) is 15.2 Å². The highest BCUT2D eigenvalue weighted by Crippen LogP contribution is 2.27. The summed E-state index contributed by atoms with van der Waals surface area (Å²) in [5.41, 5.74) is 5.76. The van der Waals surface area contributed by atoms with Crippen molar-refractivity contribution in [2.75, 3.05) is 6.61 Å². The van der Waals surface area contributed by atoms with E-state index in [1.807, 2.05) is 24.3 Å². The number of aromatic nitrogens is 1. The number of hydrazine groups is 1. The fraction of sp³-hybridized carbons (Fsp3) is 0.250. The summed E-state index contributed by atoms with van der Waals surface area (Å²) in [5, 5.41) is 1.84. The maximum Gasteiger partial charge on any atom is 0.238 e. The second kappa shape index (κ2) is 10.4. The van der Waals surface area contributed by atoms with Crippen LogP contribution >= 0.6 is 34.5 Å². The Morgan fingerprint density at radius 1 is 1.03 bits per heavy atom. The van der Waals surface area contributed by atoms with Crippen LogP contribution in [0.25, 0.3) is 10.2 Å². The van der Waals surface area contributed by atoms with Gasteiger partial charge in [0.2, 0.25) is 11.8 Å². The Balaban J connectivity index is 1.31. The Kier molecular flexibility index (Phi) is 7.69. The Bertz CT molecular complexity index is 977. The lowest BCUT2D eigenvalue weighted by Gasteiger charge is -2.09. The number of carbonyl (C=O) groups is 2. The minimum atomic E-state index is -0.288. The van der Waals surface area contributed by atoms with Crippen molar-refractivity contribution < 1.29 is 14.3 Å². The third-order valence-corrected chi connectivity index (χ3v) is 5.57. The lowest BCUT2D eigenvalue weighted by molar-refractivity contribution is -0.129. The highest BCUT2D eigenvalue weighted by molar-refractivity contribution is 7.18. The van der Waals surface area contributed by atoms with E-state index in [1.165, 1.54) is 0 Å².